The van der Waals surface area contributed by atoms with Crippen molar-refractivity contribution in [2.45, 2.75) is 37.9 Å². The molecule has 2 aromatic carbocycles. The number of para-hydroxylation sites is 1. The van der Waals surface area contributed by atoms with Gasteiger partial charge in [-0.1, -0.05) is 30.3 Å². The summed E-state index contributed by atoms with van der Waals surface area (Å²) < 4.78 is 7.82. The van der Waals surface area contributed by atoms with Gasteiger partial charge in [0.05, 0.1) is 13.2 Å². The maximum absolute atomic E-state index is 12.4. The highest BCUT2D eigenvalue weighted by molar-refractivity contribution is 5.85. The molecule has 0 radical (unpaired) electrons. The Bertz CT molecular complexity index is 1500. The Balaban J connectivity index is 1.19. The number of piperidine rings is 1. The van der Waals surface area contributed by atoms with E-state index >= 15 is 0 Å². The maximum Gasteiger partial charge on any atom is 0.250 e. The number of nitrogens with one attached hydrogen (secondary N) is 2. The van der Waals surface area contributed by atoms with Crippen LogP contribution in [0.5, 0.6) is 5.75 Å². The molecular weight excluding hydrogens is 448 g/mol. The number of pyridine rings is 1. The number of nitrogens with zero attached hydrogens (tertiary/aromatic N) is 2. The standard InChI is InChI=1S/C30H32N4O2/c1-36-27-10-9-20(29-30-24(11-12-31-29)23-5-2-3-6-25(23)32-30)14-22(27)18-33-15-19-13-21(17-33)26-7-4-8-28(35)34(26)16-19/h2-10,14,19,21,29,31-32H,11-13,15-18H2,1H3/t19-,21+,29-/m0/s1. The van der Waals surface area contributed by atoms with Crippen LogP contribution in [0, 0.1) is 5.92 Å². The first-order valence-corrected chi connectivity index (χ1v) is 13.1. The number of rotatable bonds is 4. The summed E-state index contributed by atoms with van der Waals surface area (Å²) in [5.74, 6) is 1.87. The number of ether oxygens (including phenoxy) is 1. The molecular formula is C30H32N4O2. The second kappa shape index (κ2) is 8.64. The molecule has 3 aliphatic rings. The van der Waals surface area contributed by atoms with Crippen molar-refractivity contribution in [3.8, 4) is 5.75 Å². The van der Waals surface area contributed by atoms with Gasteiger partial charge < -0.3 is 19.6 Å². The minimum absolute atomic E-state index is 0.140. The summed E-state index contributed by atoms with van der Waals surface area (Å²) in [5, 5.41) is 5.09. The highest BCUT2D eigenvalue weighted by Gasteiger charge is 2.35. The average molecular weight is 481 g/mol. The molecule has 36 heavy (non-hydrogen) atoms. The number of aromatic amines is 1. The molecule has 1 fully saturated rings. The van der Waals surface area contributed by atoms with E-state index in [1.54, 1.807) is 13.2 Å². The van der Waals surface area contributed by atoms with Crippen LogP contribution >= 0.6 is 0 Å². The van der Waals surface area contributed by atoms with E-state index in [0.717, 1.165) is 44.9 Å². The van der Waals surface area contributed by atoms with Crippen molar-refractivity contribution in [3.05, 3.63) is 99.1 Å². The van der Waals surface area contributed by atoms with Gasteiger partial charge in [-0.2, -0.15) is 0 Å². The Morgan fingerprint density at radius 1 is 1.03 bits per heavy atom. The van der Waals surface area contributed by atoms with Gasteiger partial charge >= 0.3 is 0 Å². The fraction of sp³-hybridized carbons (Fsp3) is 0.367. The predicted octanol–water partition coefficient (Wildman–Crippen LogP) is 4.19. The molecule has 1 saturated heterocycles. The van der Waals surface area contributed by atoms with Crippen LogP contribution in [0.3, 0.4) is 0 Å². The second-order valence-corrected chi connectivity index (χ2v) is 10.7. The molecule has 2 aromatic heterocycles. The van der Waals surface area contributed by atoms with Crippen LogP contribution in [-0.4, -0.2) is 41.2 Å². The highest BCUT2D eigenvalue weighted by Crippen LogP contribution is 2.38. The molecule has 3 atom stereocenters. The zero-order valence-electron chi connectivity index (χ0n) is 20.7. The molecule has 0 aliphatic carbocycles. The van der Waals surface area contributed by atoms with Gasteiger partial charge in [-0.25, -0.2) is 0 Å². The number of H-pyrrole nitrogens is 1. The van der Waals surface area contributed by atoms with E-state index < -0.39 is 0 Å². The molecule has 0 saturated carbocycles. The topological polar surface area (TPSA) is 62.3 Å². The van der Waals surface area contributed by atoms with Gasteiger partial charge in [-0.15, -0.1) is 0 Å². The Kier molecular flexibility index (Phi) is 5.26. The number of likely N-dealkylation sites (tertiary alicyclic amines) is 1. The van der Waals surface area contributed by atoms with Gasteiger partial charge in [-0.3, -0.25) is 9.69 Å². The van der Waals surface area contributed by atoms with E-state index in [9.17, 15) is 4.79 Å². The lowest BCUT2D eigenvalue weighted by molar-refractivity contribution is 0.113. The molecule has 0 unspecified atom stereocenters. The molecule has 0 amide bonds. The van der Waals surface area contributed by atoms with Gasteiger partial charge in [-0.05, 0) is 54.2 Å². The monoisotopic (exact) mass is 480 g/mol. The molecule has 7 rings (SSSR count). The lowest BCUT2D eigenvalue weighted by Crippen LogP contribution is -2.46. The lowest BCUT2D eigenvalue weighted by Gasteiger charge is -2.43. The van der Waals surface area contributed by atoms with Crippen LogP contribution in [0.2, 0.25) is 0 Å². The normalized spacial score (nSPS) is 23.3. The van der Waals surface area contributed by atoms with Crippen molar-refractivity contribution < 1.29 is 4.74 Å². The Morgan fingerprint density at radius 2 is 1.94 bits per heavy atom. The first kappa shape index (κ1) is 21.9. The van der Waals surface area contributed by atoms with Crippen LogP contribution in [0.1, 0.15) is 46.5 Å². The smallest absolute Gasteiger partial charge is 0.250 e. The SMILES string of the molecule is COc1ccc([C@@H]2NCCc3c2[nH]c2ccccc32)cc1CN1C[C@@H]2C[C@H](C1)c1cccc(=O)n1C2. The molecule has 6 nitrogen and oxygen atoms in total. The van der Waals surface area contributed by atoms with Gasteiger partial charge in [0.1, 0.15) is 5.75 Å². The number of methoxy groups -OCH3 is 1. The zero-order chi connectivity index (χ0) is 24.2. The summed E-state index contributed by atoms with van der Waals surface area (Å²) in [6.45, 7) is 4.64. The largest absolute Gasteiger partial charge is 0.496 e. The predicted molar refractivity (Wildman–Crippen MR) is 142 cm³/mol. The Labute approximate surface area is 210 Å². The average Bonchev–Trinajstić information content (AvgIpc) is 3.28. The summed E-state index contributed by atoms with van der Waals surface area (Å²) >= 11 is 0. The summed E-state index contributed by atoms with van der Waals surface area (Å²) in [7, 11) is 1.76. The summed E-state index contributed by atoms with van der Waals surface area (Å²) in [4.78, 5) is 18.7. The van der Waals surface area contributed by atoms with Gasteiger partial charge in [0.15, 0.2) is 0 Å². The van der Waals surface area contributed by atoms with E-state index in [2.05, 4.69) is 63.7 Å². The Hall–Kier alpha value is -3.35. The summed E-state index contributed by atoms with van der Waals surface area (Å²) in [6, 6.07) is 21.2. The molecule has 3 aliphatic heterocycles. The molecule has 184 valence electrons. The van der Waals surface area contributed by atoms with E-state index in [-0.39, 0.29) is 11.6 Å². The van der Waals surface area contributed by atoms with Crippen LogP contribution in [0.4, 0.5) is 0 Å². The van der Waals surface area contributed by atoms with Crippen molar-refractivity contribution in [1.29, 1.82) is 0 Å². The number of fused-ring (bicyclic) bond motifs is 7. The van der Waals surface area contributed by atoms with Gasteiger partial charge in [0, 0.05) is 72.6 Å². The molecule has 4 aromatic rings. The minimum atomic E-state index is 0.140. The van der Waals surface area contributed by atoms with Crippen LogP contribution in [0.15, 0.2) is 65.5 Å². The third-order valence-electron chi connectivity index (χ3n) is 8.45. The van der Waals surface area contributed by atoms with Crippen LogP contribution in [-0.2, 0) is 19.5 Å². The van der Waals surface area contributed by atoms with Crippen molar-refractivity contribution >= 4 is 10.9 Å². The zero-order valence-corrected chi connectivity index (χ0v) is 20.7. The third-order valence-corrected chi connectivity index (χ3v) is 8.45. The first-order valence-electron chi connectivity index (χ1n) is 13.1. The molecule has 2 N–H and O–H groups in total. The number of hydrogen-bond acceptors (Lipinski definition) is 4. The number of aromatic nitrogens is 2. The van der Waals surface area contributed by atoms with E-state index in [4.69, 9.17) is 4.74 Å². The van der Waals surface area contributed by atoms with E-state index in [1.165, 1.54) is 45.4 Å². The number of hydrogen-bond donors (Lipinski definition) is 2. The highest BCUT2D eigenvalue weighted by atomic mass is 16.5. The molecule has 2 bridgehead atoms. The van der Waals surface area contributed by atoms with Crippen molar-refractivity contribution in [2.75, 3.05) is 26.7 Å². The van der Waals surface area contributed by atoms with Crippen molar-refractivity contribution in [3.63, 3.8) is 0 Å². The Morgan fingerprint density at radius 3 is 2.86 bits per heavy atom. The molecule has 5 heterocycles. The third kappa shape index (κ3) is 3.59. The van der Waals surface area contributed by atoms with Crippen molar-refractivity contribution in [1.82, 2.24) is 19.8 Å². The quantitative estimate of drug-likeness (QED) is 0.460. The van der Waals surface area contributed by atoms with Crippen molar-refractivity contribution in [2.24, 2.45) is 5.92 Å². The van der Waals surface area contributed by atoms with Gasteiger partial charge in [0.25, 0.3) is 5.56 Å². The summed E-state index contributed by atoms with van der Waals surface area (Å²) in [5.41, 5.74) is 7.77. The van der Waals surface area contributed by atoms with E-state index in [0.29, 0.717) is 11.8 Å². The maximum atomic E-state index is 12.4. The van der Waals surface area contributed by atoms with E-state index in [1.807, 2.05) is 10.6 Å². The second-order valence-electron chi connectivity index (χ2n) is 10.7. The minimum Gasteiger partial charge on any atom is -0.496 e. The van der Waals surface area contributed by atoms with Crippen LogP contribution < -0.4 is 15.6 Å². The summed E-state index contributed by atoms with van der Waals surface area (Å²) in [6.07, 6.45) is 2.21. The van der Waals surface area contributed by atoms with Crippen LogP contribution in [0.25, 0.3) is 10.9 Å². The first-order chi connectivity index (χ1) is 17.7. The lowest BCUT2D eigenvalue weighted by atomic mass is 9.83. The number of benzene rings is 2. The fourth-order valence-electron chi connectivity index (χ4n) is 6.93. The molecule has 6 heteroatoms. The van der Waals surface area contributed by atoms with Gasteiger partial charge in [0.2, 0.25) is 0 Å². The fourth-order valence-corrected chi connectivity index (χ4v) is 6.93. The molecule has 0 spiro atoms.